The van der Waals surface area contributed by atoms with Crippen LogP contribution in [0.1, 0.15) is 52.7 Å². The first kappa shape index (κ1) is 30.1. The van der Waals surface area contributed by atoms with E-state index in [4.69, 9.17) is 4.74 Å². The van der Waals surface area contributed by atoms with E-state index in [0.29, 0.717) is 22.9 Å². The molecule has 4 aromatic rings. The Morgan fingerprint density at radius 1 is 0.463 bits per heavy atom. The Hall–Kier alpha value is -3.82. The smallest absolute Gasteiger partial charge is 0.261 e. The number of anilines is 2. The highest BCUT2D eigenvalue weighted by Gasteiger charge is 2.19. The highest BCUT2D eigenvalue weighted by atomic mass is 32.2. The molecule has 0 heterocycles. The van der Waals surface area contributed by atoms with Gasteiger partial charge in [-0.3, -0.25) is 9.44 Å². The van der Waals surface area contributed by atoms with Crippen LogP contribution < -0.4 is 14.2 Å². The SMILES string of the molecule is CC(C)(C)c1ccc(S(=O)(=O)Nc2ccc(Oc3ccc(NS(=O)(=O)c4ccc(C(C)(C)C)cc4)cc3)cc2)cc1. The van der Waals surface area contributed by atoms with Gasteiger partial charge in [0.1, 0.15) is 11.5 Å². The van der Waals surface area contributed by atoms with Crippen molar-refractivity contribution in [3.05, 3.63) is 108 Å². The summed E-state index contributed by atoms with van der Waals surface area (Å²) in [7, 11) is -7.49. The zero-order chi connectivity index (χ0) is 30.1. The number of benzene rings is 4. The Balaban J connectivity index is 1.37. The standard InChI is InChI=1S/C32H36N2O5S2/c1-31(2,3)23-7-19-29(20-8-23)40(35,36)33-25-11-15-27(16-12-25)39-28-17-13-26(14-18-28)34-41(37,38)30-21-9-24(10-22-30)32(4,5)6/h7-22,33-34H,1-6H3. The molecule has 0 fully saturated rings. The van der Waals surface area contributed by atoms with Crippen LogP contribution in [0.4, 0.5) is 11.4 Å². The van der Waals surface area contributed by atoms with Gasteiger partial charge in [-0.05, 0) is 94.8 Å². The topological polar surface area (TPSA) is 102 Å². The van der Waals surface area contributed by atoms with Gasteiger partial charge in [-0.2, -0.15) is 0 Å². The van der Waals surface area contributed by atoms with Gasteiger partial charge >= 0.3 is 0 Å². The third kappa shape index (κ3) is 7.68. The Labute approximate surface area is 243 Å². The summed E-state index contributed by atoms with van der Waals surface area (Å²) in [6.45, 7) is 12.4. The molecule has 0 aliphatic carbocycles. The molecule has 4 aromatic carbocycles. The fraction of sp³-hybridized carbons (Fsp3) is 0.250. The van der Waals surface area contributed by atoms with Gasteiger partial charge < -0.3 is 4.74 Å². The molecule has 9 heteroatoms. The molecule has 0 bridgehead atoms. The highest BCUT2D eigenvalue weighted by Crippen LogP contribution is 2.28. The number of ether oxygens (including phenoxy) is 1. The van der Waals surface area contributed by atoms with E-state index in [2.05, 4.69) is 51.0 Å². The summed E-state index contributed by atoms with van der Waals surface area (Å²) in [4.78, 5) is 0.368. The van der Waals surface area contributed by atoms with E-state index in [0.717, 1.165) is 11.1 Å². The molecular weight excluding hydrogens is 556 g/mol. The van der Waals surface area contributed by atoms with Crippen molar-refractivity contribution in [3.8, 4) is 11.5 Å². The second-order valence-electron chi connectivity index (χ2n) is 11.9. The van der Waals surface area contributed by atoms with Crippen LogP contribution in [0.25, 0.3) is 0 Å². The third-order valence-corrected chi connectivity index (χ3v) is 9.30. The van der Waals surface area contributed by atoms with E-state index in [1.165, 1.54) is 0 Å². The van der Waals surface area contributed by atoms with Crippen LogP contribution in [0.5, 0.6) is 11.5 Å². The molecule has 2 N–H and O–H groups in total. The normalized spacial score (nSPS) is 12.5. The molecule has 7 nitrogen and oxygen atoms in total. The van der Waals surface area contributed by atoms with Crippen LogP contribution in [-0.2, 0) is 30.9 Å². The lowest BCUT2D eigenvalue weighted by Crippen LogP contribution is -2.15. The van der Waals surface area contributed by atoms with Gasteiger partial charge in [0.25, 0.3) is 20.0 Å². The van der Waals surface area contributed by atoms with Crippen LogP contribution in [0.2, 0.25) is 0 Å². The average Bonchev–Trinajstić information content (AvgIpc) is 2.90. The highest BCUT2D eigenvalue weighted by molar-refractivity contribution is 7.93. The molecule has 0 atom stereocenters. The molecule has 0 saturated carbocycles. The van der Waals surface area contributed by atoms with Crippen molar-refractivity contribution in [2.24, 2.45) is 0 Å². The van der Waals surface area contributed by atoms with E-state index < -0.39 is 20.0 Å². The van der Waals surface area contributed by atoms with Crippen LogP contribution in [0.3, 0.4) is 0 Å². The zero-order valence-electron chi connectivity index (χ0n) is 24.1. The molecule has 0 saturated heterocycles. The van der Waals surface area contributed by atoms with E-state index >= 15 is 0 Å². The Morgan fingerprint density at radius 2 is 0.756 bits per heavy atom. The molecule has 216 valence electrons. The maximum absolute atomic E-state index is 12.8. The first-order chi connectivity index (χ1) is 19.0. The van der Waals surface area contributed by atoms with Gasteiger partial charge in [-0.25, -0.2) is 16.8 Å². The van der Waals surface area contributed by atoms with Crippen molar-refractivity contribution in [1.82, 2.24) is 0 Å². The minimum Gasteiger partial charge on any atom is -0.457 e. The molecule has 0 aliphatic heterocycles. The monoisotopic (exact) mass is 592 g/mol. The Morgan fingerprint density at radius 3 is 1.02 bits per heavy atom. The molecule has 0 unspecified atom stereocenters. The average molecular weight is 593 g/mol. The summed E-state index contributed by atoms with van der Waals surface area (Å²) >= 11 is 0. The minimum atomic E-state index is -3.74. The molecule has 0 amide bonds. The molecular formula is C32H36N2O5S2. The summed E-state index contributed by atoms with van der Waals surface area (Å²) in [6.07, 6.45) is 0. The zero-order valence-corrected chi connectivity index (χ0v) is 25.7. The van der Waals surface area contributed by atoms with Gasteiger partial charge in [0.15, 0.2) is 0 Å². The van der Waals surface area contributed by atoms with E-state index in [1.807, 2.05) is 24.3 Å². The first-order valence-electron chi connectivity index (χ1n) is 13.2. The number of sulfonamides is 2. The lowest BCUT2D eigenvalue weighted by molar-refractivity contribution is 0.483. The number of hydrogen-bond donors (Lipinski definition) is 2. The molecule has 0 spiro atoms. The number of rotatable bonds is 8. The fourth-order valence-corrected chi connectivity index (χ4v) is 6.13. The summed E-state index contributed by atoms with van der Waals surface area (Å²) in [6, 6.07) is 26.8. The van der Waals surface area contributed by atoms with Crippen LogP contribution in [0, 0.1) is 0 Å². The molecule has 4 rings (SSSR count). The lowest BCUT2D eigenvalue weighted by atomic mass is 9.87. The molecule has 41 heavy (non-hydrogen) atoms. The maximum atomic E-state index is 12.8. The number of nitrogens with one attached hydrogen (secondary N) is 2. The second-order valence-corrected chi connectivity index (χ2v) is 15.3. The van der Waals surface area contributed by atoms with Crippen LogP contribution in [0.15, 0.2) is 107 Å². The summed E-state index contributed by atoms with van der Waals surface area (Å²) < 4.78 is 62.3. The predicted octanol–water partition coefficient (Wildman–Crippen LogP) is 7.68. The Kier molecular flexibility index (Phi) is 8.25. The molecule has 0 radical (unpaired) electrons. The maximum Gasteiger partial charge on any atom is 0.261 e. The Bertz CT molecular complexity index is 1570. The van der Waals surface area contributed by atoms with Gasteiger partial charge in [0.2, 0.25) is 0 Å². The lowest BCUT2D eigenvalue weighted by Gasteiger charge is -2.19. The van der Waals surface area contributed by atoms with E-state index in [9.17, 15) is 16.8 Å². The predicted molar refractivity (Wildman–Crippen MR) is 165 cm³/mol. The van der Waals surface area contributed by atoms with Gasteiger partial charge in [0, 0.05) is 11.4 Å². The van der Waals surface area contributed by atoms with Crippen molar-refractivity contribution >= 4 is 31.4 Å². The fourth-order valence-electron chi connectivity index (χ4n) is 4.01. The van der Waals surface area contributed by atoms with E-state index in [1.54, 1.807) is 72.8 Å². The van der Waals surface area contributed by atoms with Crippen LogP contribution in [-0.4, -0.2) is 16.8 Å². The van der Waals surface area contributed by atoms with E-state index in [-0.39, 0.29) is 20.6 Å². The molecule has 0 aliphatic rings. The summed E-state index contributed by atoms with van der Waals surface area (Å²) in [5, 5.41) is 0. The minimum absolute atomic E-state index is 0.0704. The quantitative estimate of drug-likeness (QED) is 0.219. The summed E-state index contributed by atoms with van der Waals surface area (Å²) in [5.74, 6) is 0.990. The number of hydrogen-bond acceptors (Lipinski definition) is 5. The van der Waals surface area contributed by atoms with Crippen LogP contribution >= 0.6 is 0 Å². The second kappa shape index (κ2) is 11.2. The van der Waals surface area contributed by atoms with Crippen molar-refractivity contribution in [1.29, 1.82) is 0 Å². The van der Waals surface area contributed by atoms with Gasteiger partial charge in [0.05, 0.1) is 9.79 Å². The largest absolute Gasteiger partial charge is 0.457 e. The van der Waals surface area contributed by atoms with Crippen molar-refractivity contribution < 1.29 is 21.6 Å². The third-order valence-electron chi connectivity index (χ3n) is 6.51. The molecule has 0 aromatic heterocycles. The van der Waals surface area contributed by atoms with Crippen molar-refractivity contribution in [3.63, 3.8) is 0 Å². The van der Waals surface area contributed by atoms with Crippen molar-refractivity contribution in [2.45, 2.75) is 62.2 Å². The van der Waals surface area contributed by atoms with Crippen molar-refractivity contribution in [2.75, 3.05) is 9.44 Å². The van der Waals surface area contributed by atoms with Gasteiger partial charge in [-0.1, -0.05) is 65.8 Å². The summed E-state index contributed by atoms with van der Waals surface area (Å²) in [5.41, 5.74) is 2.76. The van der Waals surface area contributed by atoms with Gasteiger partial charge in [-0.15, -0.1) is 0 Å². The first-order valence-corrected chi connectivity index (χ1v) is 16.1.